The largest absolute Gasteiger partial charge is 0.346 e. The van der Waals surface area contributed by atoms with Gasteiger partial charge in [0, 0.05) is 17.6 Å². The molecule has 1 amide bonds. The zero-order chi connectivity index (χ0) is 12.3. The molecule has 0 aliphatic carbocycles. The van der Waals surface area contributed by atoms with Gasteiger partial charge in [0.05, 0.1) is 4.47 Å². The highest BCUT2D eigenvalue weighted by Gasteiger charge is 2.19. The summed E-state index contributed by atoms with van der Waals surface area (Å²) in [7, 11) is 0. The lowest BCUT2D eigenvalue weighted by molar-refractivity contribution is 0.0915. The fourth-order valence-electron chi connectivity index (χ4n) is 1.07. The molecule has 0 atom stereocenters. The van der Waals surface area contributed by atoms with Crippen molar-refractivity contribution in [2.75, 3.05) is 6.54 Å². The number of amides is 1. The Morgan fingerprint density at radius 2 is 2.12 bits per heavy atom. The van der Waals surface area contributed by atoms with Crippen LogP contribution in [0, 0.1) is 5.82 Å². The number of rotatable bonds is 3. The van der Waals surface area contributed by atoms with E-state index < -0.39 is 11.4 Å². The fraction of sp³-hybridized carbons (Fsp3) is 0.364. The van der Waals surface area contributed by atoms with E-state index in [1.807, 2.05) is 13.8 Å². The number of carbonyl (C=O) groups is 1. The second kappa shape index (κ2) is 6.33. The quantitative estimate of drug-likeness (QED) is 0.897. The van der Waals surface area contributed by atoms with Crippen LogP contribution in [0.25, 0.3) is 0 Å². The lowest BCUT2D eigenvalue weighted by Crippen LogP contribution is -2.48. The van der Waals surface area contributed by atoms with E-state index in [2.05, 4.69) is 21.2 Å². The summed E-state index contributed by atoms with van der Waals surface area (Å²) >= 11 is 3.03. The monoisotopic (exact) mass is 324 g/mol. The van der Waals surface area contributed by atoms with E-state index in [1.54, 1.807) is 0 Å². The molecule has 1 aromatic rings. The minimum Gasteiger partial charge on any atom is -0.346 e. The summed E-state index contributed by atoms with van der Waals surface area (Å²) in [6.45, 7) is 3.98. The summed E-state index contributed by atoms with van der Waals surface area (Å²) < 4.78 is 13.2. The van der Waals surface area contributed by atoms with Gasteiger partial charge in [0.15, 0.2) is 0 Å². The molecule has 0 aliphatic heterocycles. The maximum Gasteiger partial charge on any atom is 0.251 e. The predicted octanol–water partition coefficient (Wildman–Crippen LogP) is 2.48. The van der Waals surface area contributed by atoms with Crippen molar-refractivity contribution in [1.29, 1.82) is 0 Å². The molecular formula is C11H15BrClFN2O. The van der Waals surface area contributed by atoms with Gasteiger partial charge in [-0.1, -0.05) is 0 Å². The number of hydrogen-bond donors (Lipinski definition) is 2. The van der Waals surface area contributed by atoms with E-state index in [0.717, 1.165) is 0 Å². The first-order valence-electron chi connectivity index (χ1n) is 4.83. The van der Waals surface area contributed by atoms with Gasteiger partial charge in [-0.3, -0.25) is 4.79 Å². The summed E-state index contributed by atoms with van der Waals surface area (Å²) in [6, 6.07) is 4.12. The standard InChI is InChI=1S/C11H14BrFN2O.ClH/c1-11(2,6-14)15-10(16)7-3-4-9(13)8(12)5-7;/h3-5H,6,14H2,1-2H3,(H,15,16);1H. The molecule has 17 heavy (non-hydrogen) atoms. The van der Waals surface area contributed by atoms with Crippen LogP contribution in [0.4, 0.5) is 4.39 Å². The molecule has 96 valence electrons. The molecule has 0 spiro atoms. The predicted molar refractivity (Wildman–Crippen MR) is 71.9 cm³/mol. The van der Waals surface area contributed by atoms with Gasteiger partial charge in [0.1, 0.15) is 5.82 Å². The van der Waals surface area contributed by atoms with Crippen molar-refractivity contribution in [2.24, 2.45) is 5.73 Å². The molecular weight excluding hydrogens is 310 g/mol. The van der Waals surface area contributed by atoms with Crippen LogP contribution in [0.5, 0.6) is 0 Å². The topological polar surface area (TPSA) is 55.1 Å². The van der Waals surface area contributed by atoms with Crippen LogP contribution in [0.1, 0.15) is 24.2 Å². The minimum atomic E-state index is -0.474. The maximum atomic E-state index is 13.0. The first-order valence-corrected chi connectivity index (χ1v) is 5.62. The highest BCUT2D eigenvalue weighted by molar-refractivity contribution is 9.10. The van der Waals surface area contributed by atoms with Gasteiger partial charge in [0.25, 0.3) is 5.91 Å². The average molecular weight is 326 g/mol. The Balaban J connectivity index is 0.00000256. The molecule has 3 nitrogen and oxygen atoms in total. The third kappa shape index (κ3) is 4.61. The van der Waals surface area contributed by atoms with Crippen molar-refractivity contribution in [1.82, 2.24) is 5.32 Å². The molecule has 0 fully saturated rings. The molecule has 0 bridgehead atoms. The molecule has 0 aromatic heterocycles. The summed E-state index contributed by atoms with van der Waals surface area (Å²) in [4.78, 5) is 11.8. The van der Waals surface area contributed by atoms with Gasteiger partial charge >= 0.3 is 0 Å². The van der Waals surface area contributed by atoms with Crippen molar-refractivity contribution in [3.63, 3.8) is 0 Å². The minimum absolute atomic E-state index is 0. The molecule has 0 unspecified atom stereocenters. The summed E-state index contributed by atoms with van der Waals surface area (Å²) in [6.07, 6.45) is 0. The molecule has 0 saturated carbocycles. The van der Waals surface area contributed by atoms with Crippen molar-refractivity contribution >= 4 is 34.2 Å². The van der Waals surface area contributed by atoms with Gasteiger partial charge in [-0.05, 0) is 48.0 Å². The van der Waals surface area contributed by atoms with Gasteiger partial charge in [0.2, 0.25) is 0 Å². The SMILES string of the molecule is CC(C)(CN)NC(=O)c1ccc(F)c(Br)c1.Cl. The maximum absolute atomic E-state index is 13.0. The zero-order valence-corrected chi connectivity index (χ0v) is 12.0. The third-order valence-electron chi connectivity index (χ3n) is 2.14. The highest BCUT2D eigenvalue weighted by atomic mass is 79.9. The Morgan fingerprint density at radius 3 is 2.59 bits per heavy atom. The van der Waals surface area contributed by atoms with E-state index in [4.69, 9.17) is 5.73 Å². The van der Waals surface area contributed by atoms with Crippen LogP contribution in [-0.4, -0.2) is 18.0 Å². The third-order valence-corrected chi connectivity index (χ3v) is 2.75. The second-order valence-electron chi connectivity index (χ2n) is 4.17. The molecule has 1 rings (SSSR count). The Morgan fingerprint density at radius 1 is 1.53 bits per heavy atom. The van der Waals surface area contributed by atoms with E-state index in [9.17, 15) is 9.18 Å². The van der Waals surface area contributed by atoms with Crippen molar-refractivity contribution in [2.45, 2.75) is 19.4 Å². The van der Waals surface area contributed by atoms with E-state index in [1.165, 1.54) is 18.2 Å². The van der Waals surface area contributed by atoms with Gasteiger partial charge in [-0.2, -0.15) is 0 Å². The lowest BCUT2D eigenvalue weighted by atomic mass is 10.1. The first-order chi connectivity index (χ1) is 7.35. The average Bonchev–Trinajstić information content (AvgIpc) is 2.21. The van der Waals surface area contributed by atoms with Crippen LogP contribution < -0.4 is 11.1 Å². The number of nitrogens with two attached hydrogens (primary N) is 1. The summed E-state index contributed by atoms with van der Waals surface area (Å²) in [5, 5.41) is 2.76. The summed E-state index contributed by atoms with van der Waals surface area (Å²) in [5.41, 5.74) is 5.43. The number of nitrogens with one attached hydrogen (secondary N) is 1. The molecule has 1 aromatic carbocycles. The molecule has 6 heteroatoms. The Kier molecular flexibility index (Phi) is 6.09. The highest BCUT2D eigenvalue weighted by Crippen LogP contribution is 2.17. The van der Waals surface area contributed by atoms with Crippen LogP contribution in [0.3, 0.4) is 0 Å². The number of benzene rings is 1. The Bertz CT molecular complexity index is 412. The first kappa shape index (κ1) is 16.4. The fourth-order valence-corrected chi connectivity index (χ4v) is 1.45. The van der Waals surface area contributed by atoms with Crippen molar-refractivity contribution < 1.29 is 9.18 Å². The van der Waals surface area contributed by atoms with Gasteiger partial charge in [-0.15, -0.1) is 12.4 Å². The molecule has 0 saturated heterocycles. The normalized spacial score (nSPS) is 10.6. The molecule has 0 heterocycles. The van der Waals surface area contributed by atoms with Crippen LogP contribution in [0.15, 0.2) is 22.7 Å². The lowest BCUT2D eigenvalue weighted by Gasteiger charge is -2.24. The van der Waals surface area contributed by atoms with Crippen molar-refractivity contribution in [3.05, 3.63) is 34.1 Å². The van der Waals surface area contributed by atoms with Gasteiger partial charge in [-0.25, -0.2) is 4.39 Å². The van der Waals surface area contributed by atoms with Gasteiger partial charge < -0.3 is 11.1 Å². The van der Waals surface area contributed by atoms with E-state index >= 15 is 0 Å². The number of hydrogen-bond acceptors (Lipinski definition) is 2. The van der Waals surface area contributed by atoms with Crippen LogP contribution in [0.2, 0.25) is 0 Å². The molecule has 0 radical (unpaired) electrons. The number of carbonyl (C=O) groups excluding carboxylic acids is 1. The smallest absolute Gasteiger partial charge is 0.251 e. The molecule has 3 N–H and O–H groups in total. The van der Waals surface area contributed by atoms with E-state index in [0.29, 0.717) is 12.1 Å². The van der Waals surface area contributed by atoms with Crippen LogP contribution in [-0.2, 0) is 0 Å². The summed E-state index contributed by atoms with van der Waals surface area (Å²) in [5.74, 6) is -0.661. The second-order valence-corrected chi connectivity index (χ2v) is 5.03. The Labute approximate surface area is 114 Å². The van der Waals surface area contributed by atoms with Crippen LogP contribution >= 0.6 is 28.3 Å². The Hall–Kier alpha value is -0.650. The molecule has 0 aliphatic rings. The number of halogens is 3. The van der Waals surface area contributed by atoms with E-state index in [-0.39, 0.29) is 22.8 Å². The van der Waals surface area contributed by atoms with Crippen molar-refractivity contribution in [3.8, 4) is 0 Å². The zero-order valence-electron chi connectivity index (χ0n) is 9.59.